The topological polar surface area (TPSA) is 81.3 Å². The van der Waals surface area contributed by atoms with E-state index in [2.05, 4.69) is 10.2 Å². The Morgan fingerprint density at radius 2 is 2.10 bits per heavy atom. The number of nitrogen functional groups attached to an aromatic ring is 1. The number of hydrogen-bond donors (Lipinski definition) is 1. The van der Waals surface area contributed by atoms with Gasteiger partial charge in [0.1, 0.15) is 9.71 Å². The van der Waals surface area contributed by atoms with Gasteiger partial charge in [-0.15, -0.1) is 16.4 Å². The van der Waals surface area contributed by atoms with Crippen molar-refractivity contribution in [1.82, 2.24) is 15.1 Å². The molecule has 0 radical (unpaired) electrons. The van der Waals surface area contributed by atoms with Gasteiger partial charge in [0.2, 0.25) is 0 Å². The zero-order chi connectivity index (χ0) is 15.0. The molecule has 7 heteroatoms. The number of nitrogens with zero attached hydrogens (tertiary/aromatic N) is 3. The van der Waals surface area contributed by atoms with Crippen LogP contribution in [-0.2, 0) is 4.74 Å². The number of ether oxygens (including phenoxy) is 1. The molecule has 2 aromatic rings. The van der Waals surface area contributed by atoms with Crippen molar-refractivity contribution in [1.29, 1.82) is 0 Å². The average Bonchev–Trinajstić information content (AvgIpc) is 2.67. The molecule has 1 fully saturated rings. The van der Waals surface area contributed by atoms with Crippen molar-refractivity contribution in [3.63, 3.8) is 0 Å². The molecule has 2 aromatic heterocycles. The Morgan fingerprint density at radius 1 is 1.29 bits per heavy atom. The number of thiophene rings is 1. The molecule has 0 bridgehead atoms. The summed E-state index contributed by atoms with van der Waals surface area (Å²) in [4.78, 5) is 15.8. The number of nitrogens with two attached hydrogens (primary N) is 1. The minimum atomic E-state index is -0.0296. The lowest BCUT2D eigenvalue weighted by Crippen LogP contribution is -2.33. The van der Waals surface area contributed by atoms with Crippen LogP contribution in [0.25, 0.3) is 10.2 Å². The molecule has 6 nitrogen and oxygen atoms in total. The molecule has 112 valence electrons. The number of amides is 1. The Kier molecular flexibility index (Phi) is 3.77. The summed E-state index contributed by atoms with van der Waals surface area (Å²) < 4.78 is 5.39. The minimum absolute atomic E-state index is 0.0296. The smallest absolute Gasteiger partial charge is 0.266 e. The van der Waals surface area contributed by atoms with E-state index in [1.807, 2.05) is 18.7 Å². The van der Waals surface area contributed by atoms with Gasteiger partial charge in [-0.3, -0.25) is 4.79 Å². The molecule has 0 aliphatic carbocycles. The number of anilines is 1. The quantitative estimate of drug-likeness (QED) is 0.868. The number of carbonyl (C=O) groups excluding carboxylic acids is 1. The van der Waals surface area contributed by atoms with Crippen LogP contribution >= 0.6 is 11.3 Å². The highest BCUT2D eigenvalue weighted by atomic mass is 32.1. The number of aryl methyl sites for hydroxylation is 2. The van der Waals surface area contributed by atoms with E-state index < -0.39 is 0 Å². The van der Waals surface area contributed by atoms with Gasteiger partial charge in [-0.25, -0.2) is 0 Å². The molecule has 1 amide bonds. The molecule has 3 heterocycles. The third-order valence-electron chi connectivity index (χ3n) is 3.84. The fourth-order valence-corrected chi connectivity index (χ4v) is 3.56. The highest BCUT2D eigenvalue weighted by Gasteiger charge is 2.24. The molecule has 3 rings (SSSR count). The Balaban J connectivity index is 2.02. The molecule has 2 N–H and O–H groups in total. The van der Waals surface area contributed by atoms with E-state index in [4.69, 9.17) is 10.5 Å². The van der Waals surface area contributed by atoms with Gasteiger partial charge < -0.3 is 15.4 Å². The summed E-state index contributed by atoms with van der Waals surface area (Å²) in [5, 5.41) is 9.13. The molecule has 0 spiro atoms. The Morgan fingerprint density at radius 3 is 2.90 bits per heavy atom. The summed E-state index contributed by atoms with van der Waals surface area (Å²) in [5.41, 5.74) is 8.58. The van der Waals surface area contributed by atoms with E-state index in [-0.39, 0.29) is 5.91 Å². The van der Waals surface area contributed by atoms with Gasteiger partial charge in [0.05, 0.1) is 18.0 Å². The molecule has 1 aliphatic rings. The molecular weight excluding hydrogens is 288 g/mol. The minimum Gasteiger partial charge on any atom is -0.397 e. The maximum atomic E-state index is 12.7. The van der Waals surface area contributed by atoms with Gasteiger partial charge in [-0.2, -0.15) is 5.10 Å². The first-order valence-electron chi connectivity index (χ1n) is 6.98. The fraction of sp³-hybridized carbons (Fsp3) is 0.500. The predicted molar refractivity (Wildman–Crippen MR) is 82.6 cm³/mol. The van der Waals surface area contributed by atoms with Crippen molar-refractivity contribution < 1.29 is 9.53 Å². The van der Waals surface area contributed by atoms with Gasteiger partial charge in [0.25, 0.3) is 5.91 Å². The maximum absolute atomic E-state index is 12.7. The summed E-state index contributed by atoms with van der Waals surface area (Å²) in [5.74, 6) is -0.0296. The predicted octanol–water partition coefficient (Wildman–Crippen LogP) is 1.75. The van der Waals surface area contributed by atoms with Crippen molar-refractivity contribution in [2.75, 3.05) is 32.0 Å². The van der Waals surface area contributed by atoms with Crippen molar-refractivity contribution in [3.05, 3.63) is 16.1 Å². The van der Waals surface area contributed by atoms with Crippen LogP contribution in [0.5, 0.6) is 0 Å². The normalized spacial score (nSPS) is 16.2. The molecule has 0 unspecified atom stereocenters. The highest BCUT2D eigenvalue weighted by Crippen LogP contribution is 2.35. The van der Waals surface area contributed by atoms with Crippen molar-refractivity contribution >= 4 is 33.1 Å². The second-order valence-electron chi connectivity index (χ2n) is 5.19. The number of hydrogen-bond acceptors (Lipinski definition) is 6. The van der Waals surface area contributed by atoms with Crippen LogP contribution in [0, 0.1) is 13.8 Å². The average molecular weight is 306 g/mol. The highest BCUT2D eigenvalue weighted by molar-refractivity contribution is 7.21. The van der Waals surface area contributed by atoms with Gasteiger partial charge in [-0.05, 0) is 25.8 Å². The van der Waals surface area contributed by atoms with Gasteiger partial charge in [-0.1, -0.05) is 0 Å². The van der Waals surface area contributed by atoms with Crippen LogP contribution in [0.3, 0.4) is 0 Å². The summed E-state index contributed by atoms with van der Waals surface area (Å²) in [7, 11) is 0. The van der Waals surface area contributed by atoms with E-state index >= 15 is 0 Å². The SMILES string of the molecule is Cc1nnc2sc(C(=O)N3CCCOCC3)c(N)c2c1C. The first-order valence-corrected chi connectivity index (χ1v) is 7.80. The lowest BCUT2D eigenvalue weighted by molar-refractivity contribution is 0.0747. The first kappa shape index (κ1) is 14.2. The van der Waals surface area contributed by atoms with Crippen molar-refractivity contribution in [3.8, 4) is 0 Å². The van der Waals surface area contributed by atoms with Crippen molar-refractivity contribution in [2.24, 2.45) is 0 Å². The zero-order valence-corrected chi connectivity index (χ0v) is 13.0. The third kappa shape index (κ3) is 2.47. The van der Waals surface area contributed by atoms with Crippen LogP contribution in [0.2, 0.25) is 0 Å². The summed E-state index contributed by atoms with van der Waals surface area (Å²) in [6.45, 7) is 6.45. The van der Waals surface area contributed by atoms with Crippen LogP contribution in [0.1, 0.15) is 27.3 Å². The number of fused-ring (bicyclic) bond motifs is 1. The molecule has 0 atom stereocenters. The second kappa shape index (κ2) is 5.57. The summed E-state index contributed by atoms with van der Waals surface area (Å²) in [6.07, 6.45) is 0.856. The Hall–Kier alpha value is -1.73. The Labute approximate surface area is 126 Å². The van der Waals surface area contributed by atoms with Crippen molar-refractivity contribution in [2.45, 2.75) is 20.3 Å². The van der Waals surface area contributed by atoms with Gasteiger partial charge >= 0.3 is 0 Å². The van der Waals surface area contributed by atoms with E-state index in [1.54, 1.807) is 0 Å². The lowest BCUT2D eigenvalue weighted by atomic mass is 10.1. The zero-order valence-electron chi connectivity index (χ0n) is 12.2. The number of aromatic nitrogens is 2. The van der Waals surface area contributed by atoms with E-state index in [1.165, 1.54) is 11.3 Å². The van der Waals surface area contributed by atoms with Gasteiger partial charge in [0.15, 0.2) is 0 Å². The summed E-state index contributed by atoms with van der Waals surface area (Å²) in [6, 6.07) is 0. The molecule has 0 saturated carbocycles. The lowest BCUT2D eigenvalue weighted by Gasteiger charge is -2.18. The maximum Gasteiger partial charge on any atom is 0.266 e. The standard InChI is InChI=1S/C14H18N4O2S/c1-8-9(2)16-17-13-10(8)11(15)12(21-13)14(19)18-4-3-6-20-7-5-18/h3-7,15H2,1-2H3. The Bertz CT molecular complexity index is 690. The molecule has 21 heavy (non-hydrogen) atoms. The molecule has 1 aliphatic heterocycles. The fourth-order valence-electron chi connectivity index (χ4n) is 2.49. The van der Waals surface area contributed by atoms with E-state index in [0.29, 0.717) is 36.9 Å². The second-order valence-corrected chi connectivity index (χ2v) is 6.19. The molecular formula is C14H18N4O2S. The van der Waals surface area contributed by atoms with Crippen LogP contribution in [0.4, 0.5) is 5.69 Å². The van der Waals surface area contributed by atoms with E-state index in [9.17, 15) is 4.79 Å². The summed E-state index contributed by atoms with van der Waals surface area (Å²) >= 11 is 1.32. The van der Waals surface area contributed by atoms with E-state index in [0.717, 1.165) is 27.9 Å². The molecule has 0 aromatic carbocycles. The van der Waals surface area contributed by atoms with Crippen LogP contribution in [-0.4, -0.2) is 47.3 Å². The third-order valence-corrected chi connectivity index (χ3v) is 4.92. The monoisotopic (exact) mass is 306 g/mol. The number of rotatable bonds is 1. The van der Waals surface area contributed by atoms with Crippen LogP contribution in [0.15, 0.2) is 0 Å². The first-order chi connectivity index (χ1) is 10.1. The van der Waals surface area contributed by atoms with Gasteiger partial charge in [0, 0.05) is 25.1 Å². The molecule has 1 saturated heterocycles. The largest absolute Gasteiger partial charge is 0.397 e. The number of carbonyl (C=O) groups is 1. The van der Waals surface area contributed by atoms with Crippen LogP contribution < -0.4 is 5.73 Å².